The van der Waals surface area contributed by atoms with Gasteiger partial charge in [-0.05, 0) is 25.7 Å². The minimum Gasteiger partial charge on any atom is -0.198 e. The van der Waals surface area contributed by atoms with Crippen molar-refractivity contribution in [3.63, 3.8) is 0 Å². The summed E-state index contributed by atoms with van der Waals surface area (Å²) < 4.78 is 0. The topological polar surface area (TPSA) is 47.6 Å². The lowest BCUT2D eigenvalue weighted by Gasteiger charge is -2.07. The zero-order valence-corrected chi connectivity index (χ0v) is 7.88. The van der Waals surface area contributed by atoms with Gasteiger partial charge in [-0.25, -0.2) is 0 Å². The molecule has 0 aromatic rings. The second kappa shape index (κ2) is 6.68. The zero-order valence-electron chi connectivity index (χ0n) is 7.88. The van der Waals surface area contributed by atoms with Crippen molar-refractivity contribution in [2.24, 2.45) is 11.8 Å². The van der Waals surface area contributed by atoms with Gasteiger partial charge in [-0.1, -0.05) is 13.8 Å². The van der Waals surface area contributed by atoms with Crippen molar-refractivity contribution in [2.45, 2.75) is 39.5 Å². The van der Waals surface area contributed by atoms with Crippen molar-refractivity contribution in [1.29, 1.82) is 10.5 Å². The molecule has 2 atom stereocenters. The number of nitrogens with zero attached hydrogens (tertiary/aromatic N) is 2. The predicted octanol–water partition coefficient (Wildman–Crippen LogP) is 2.87. The van der Waals surface area contributed by atoms with Crippen molar-refractivity contribution in [2.75, 3.05) is 0 Å². The molecule has 0 aromatic heterocycles. The lowest BCUT2D eigenvalue weighted by atomic mass is 9.94. The molecule has 0 heterocycles. The van der Waals surface area contributed by atoms with Crippen LogP contribution in [0.4, 0.5) is 0 Å². The molecule has 2 heteroatoms. The van der Waals surface area contributed by atoms with Gasteiger partial charge in [-0.3, -0.25) is 0 Å². The second-order valence-electron chi connectivity index (χ2n) is 3.05. The van der Waals surface area contributed by atoms with E-state index >= 15 is 0 Å². The second-order valence-corrected chi connectivity index (χ2v) is 3.05. The quantitative estimate of drug-likeness (QED) is 0.627. The Balaban J connectivity index is 3.67. The van der Waals surface area contributed by atoms with E-state index in [0.717, 1.165) is 25.7 Å². The predicted molar refractivity (Wildman–Crippen MR) is 48.0 cm³/mol. The lowest BCUT2D eigenvalue weighted by Crippen LogP contribution is -2.00. The molecule has 2 unspecified atom stereocenters. The van der Waals surface area contributed by atoms with E-state index in [1.54, 1.807) is 0 Å². The summed E-state index contributed by atoms with van der Waals surface area (Å²) in [6, 6.07) is 4.49. The van der Waals surface area contributed by atoms with Crippen LogP contribution in [0.25, 0.3) is 0 Å². The highest BCUT2D eigenvalue weighted by atomic mass is 14.3. The summed E-state index contributed by atoms with van der Waals surface area (Å²) in [6.45, 7) is 4.03. The Morgan fingerprint density at radius 2 is 1.25 bits per heavy atom. The highest BCUT2D eigenvalue weighted by Gasteiger charge is 2.09. The Bertz CT molecular complexity index is 163. The fourth-order valence-electron chi connectivity index (χ4n) is 1.12. The van der Waals surface area contributed by atoms with E-state index in [1.165, 1.54) is 0 Å². The number of hydrogen-bond donors (Lipinski definition) is 0. The van der Waals surface area contributed by atoms with Gasteiger partial charge in [-0.15, -0.1) is 0 Å². The van der Waals surface area contributed by atoms with E-state index in [-0.39, 0.29) is 11.8 Å². The van der Waals surface area contributed by atoms with Crippen molar-refractivity contribution in [3.8, 4) is 12.1 Å². The molecule has 0 aliphatic carbocycles. The average molecular weight is 164 g/mol. The van der Waals surface area contributed by atoms with E-state index in [0.29, 0.717) is 0 Å². The summed E-state index contributed by atoms with van der Waals surface area (Å²) in [7, 11) is 0. The molecular weight excluding hydrogens is 148 g/mol. The maximum Gasteiger partial charge on any atom is 0.0655 e. The van der Waals surface area contributed by atoms with Gasteiger partial charge in [0.25, 0.3) is 0 Å². The summed E-state index contributed by atoms with van der Waals surface area (Å²) in [5, 5.41) is 17.3. The molecule has 2 nitrogen and oxygen atoms in total. The Labute approximate surface area is 74.8 Å². The van der Waals surface area contributed by atoms with E-state index in [9.17, 15) is 0 Å². The van der Waals surface area contributed by atoms with Crippen LogP contribution in [0.2, 0.25) is 0 Å². The Morgan fingerprint density at radius 1 is 0.917 bits per heavy atom. The standard InChI is InChI=1S/C10H16N2/c1-3-9(7-11)5-6-10(4-2)8-12/h9-10H,3-6H2,1-2H3. The summed E-state index contributed by atoms with van der Waals surface area (Å²) in [5.41, 5.74) is 0. The fourth-order valence-corrected chi connectivity index (χ4v) is 1.12. The molecule has 0 fully saturated rings. The minimum atomic E-state index is 0.146. The van der Waals surface area contributed by atoms with Gasteiger partial charge in [0.05, 0.1) is 12.1 Å². The molecule has 0 aliphatic rings. The van der Waals surface area contributed by atoms with E-state index in [2.05, 4.69) is 12.1 Å². The van der Waals surface area contributed by atoms with Gasteiger partial charge in [0.1, 0.15) is 0 Å². The van der Waals surface area contributed by atoms with Crippen LogP contribution in [0.1, 0.15) is 39.5 Å². The maximum atomic E-state index is 8.65. The van der Waals surface area contributed by atoms with Gasteiger partial charge >= 0.3 is 0 Å². The Hall–Kier alpha value is -1.02. The molecule has 0 bridgehead atoms. The van der Waals surface area contributed by atoms with Crippen molar-refractivity contribution < 1.29 is 0 Å². The molecular formula is C10H16N2. The van der Waals surface area contributed by atoms with Crippen LogP contribution >= 0.6 is 0 Å². The highest BCUT2D eigenvalue weighted by molar-refractivity contribution is 4.86. The third-order valence-corrected chi connectivity index (χ3v) is 2.21. The summed E-state index contributed by atoms with van der Waals surface area (Å²) >= 11 is 0. The largest absolute Gasteiger partial charge is 0.198 e. The van der Waals surface area contributed by atoms with Crippen LogP contribution in [-0.4, -0.2) is 0 Å². The Kier molecular flexibility index (Phi) is 6.11. The monoisotopic (exact) mass is 164 g/mol. The maximum absolute atomic E-state index is 8.65. The summed E-state index contributed by atoms with van der Waals surface area (Å²) in [4.78, 5) is 0. The number of hydrogen-bond acceptors (Lipinski definition) is 2. The van der Waals surface area contributed by atoms with Gasteiger partial charge in [0.2, 0.25) is 0 Å². The molecule has 0 spiro atoms. The van der Waals surface area contributed by atoms with Crippen LogP contribution in [0.3, 0.4) is 0 Å². The number of rotatable bonds is 5. The molecule has 0 aromatic carbocycles. The molecule has 0 aliphatic heterocycles. The van der Waals surface area contributed by atoms with Crippen LogP contribution < -0.4 is 0 Å². The van der Waals surface area contributed by atoms with Gasteiger partial charge in [0.15, 0.2) is 0 Å². The molecule has 0 saturated heterocycles. The highest BCUT2D eigenvalue weighted by Crippen LogP contribution is 2.16. The van der Waals surface area contributed by atoms with Crippen LogP contribution in [-0.2, 0) is 0 Å². The van der Waals surface area contributed by atoms with Crippen LogP contribution in [0.5, 0.6) is 0 Å². The smallest absolute Gasteiger partial charge is 0.0655 e. The van der Waals surface area contributed by atoms with Gasteiger partial charge in [0, 0.05) is 11.8 Å². The molecule has 0 saturated carbocycles. The van der Waals surface area contributed by atoms with Crippen LogP contribution in [0, 0.1) is 34.5 Å². The van der Waals surface area contributed by atoms with E-state index in [1.807, 2.05) is 13.8 Å². The molecule has 12 heavy (non-hydrogen) atoms. The van der Waals surface area contributed by atoms with Crippen molar-refractivity contribution >= 4 is 0 Å². The molecule has 0 radical (unpaired) electrons. The third kappa shape index (κ3) is 3.98. The first-order valence-electron chi connectivity index (χ1n) is 4.57. The van der Waals surface area contributed by atoms with E-state index < -0.39 is 0 Å². The summed E-state index contributed by atoms with van der Waals surface area (Å²) in [5.74, 6) is 0.291. The normalized spacial score (nSPS) is 14.3. The van der Waals surface area contributed by atoms with Crippen molar-refractivity contribution in [3.05, 3.63) is 0 Å². The minimum absolute atomic E-state index is 0.146. The first-order valence-corrected chi connectivity index (χ1v) is 4.57. The molecule has 0 rings (SSSR count). The zero-order chi connectivity index (χ0) is 9.40. The lowest BCUT2D eigenvalue weighted by molar-refractivity contribution is 0.482. The SMILES string of the molecule is CCC(C#N)CCC(C#N)CC. The first kappa shape index (κ1) is 11.0. The van der Waals surface area contributed by atoms with Crippen LogP contribution in [0.15, 0.2) is 0 Å². The average Bonchev–Trinajstić information content (AvgIpc) is 2.13. The third-order valence-electron chi connectivity index (χ3n) is 2.21. The van der Waals surface area contributed by atoms with E-state index in [4.69, 9.17) is 10.5 Å². The molecule has 0 N–H and O–H groups in total. The van der Waals surface area contributed by atoms with Gasteiger partial charge < -0.3 is 0 Å². The summed E-state index contributed by atoms with van der Waals surface area (Å²) in [6.07, 6.45) is 3.55. The fraction of sp³-hybridized carbons (Fsp3) is 0.800. The molecule has 0 amide bonds. The van der Waals surface area contributed by atoms with Gasteiger partial charge in [-0.2, -0.15) is 10.5 Å². The molecule has 66 valence electrons. The first-order chi connectivity index (χ1) is 5.78. The van der Waals surface area contributed by atoms with Crippen molar-refractivity contribution in [1.82, 2.24) is 0 Å². The Morgan fingerprint density at radius 3 is 1.42 bits per heavy atom. The number of nitriles is 2.